The van der Waals surface area contributed by atoms with Crippen LogP contribution in [-0.4, -0.2) is 74.2 Å². The first-order chi connectivity index (χ1) is 14.2. The standard InChI is InChI=1S/C19H22N6O3S/c1-2-28-19(27)24-9-7-23(8-10-24)18(26)15-21-16-14-12-5-3-4-6-13(12)29-17(14)20-11-25(16)22-15/h11H,2-10H2,1H3. The van der Waals surface area contributed by atoms with Gasteiger partial charge in [-0.25, -0.2) is 19.3 Å². The fraction of sp³-hybridized carbons (Fsp3) is 0.526. The van der Waals surface area contributed by atoms with E-state index >= 15 is 0 Å². The third kappa shape index (κ3) is 3.11. The van der Waals surface area contributed by atoms with Crippen LogP contribution in [0.25, 0.3) is 15.9 Å². The van der Waals surface area contributed by atoms with Gasteiger partial charge in [0.25, 0.3) is 5.91 Å². The summed E-state index contributed by atoms with van der Waals surface area (Å²) in [7, 11) is 0. The Balaban J connectivity index is 1.41. The second kappa shape index (κ2) is 7.25. The molecule has 5 rings (SSSR count). The van der Waals surface area contributed by atoms with E-state index in [4.69, 9.17) is 4.74 Å². The molecule has 3 aromatic heterocycles. The molecule has 152 valence electrons. The molecule has 2 amide bonds. The van der Waals surface area contributed by atoms with Crippen molar-refractivity contribution >= 4 is 39.2 Å². The van der Waals surface area contributed by atoms with Crippen molar-refractivity contribution in [1.29, 1.82) is 0 Å². The summed E-state index contributed by atoms with van der Waals surface area (Å²) in [6.07, 6.45) is 5.81. The zero-order valence-corrected chi connectivity index (χ0v) is 17.1. The fourth-order valence-electron chi connectivity index (χ4n) is 4.09. The Kier molecular flexibility index (Phi) is 4.57. The molecule has 2 aliphatic rings. The number of aryl methyl sites for hydroxylation is 2. The molecular formula is C19H22N6O3S. The third-order valence-electron chi connectivity index (χ3n) is 5.58. The Labute approximate surface area is 171 Å². The third-order valence-corrected chi connectivity index (χ3v) is 6.78. The van der Waals surface area contributed by atoms with E-state index < -0.39 is 0 Å². The molecule has 0 spiro atoms. The number of nitrogens with zero attached hydrogens (tertiary/aromatic N) is 6. The van der Waals surface area contributed by atoms with Gasteiger partial charge in [-0.3, -0.25) is 4.79 Å². The minimum absolute atomic E-state index is 0.180. The van der Waals surface area contributed by atoms with Gasteiger partial charge in [0.05, 0.1) is 12.0 Å². The molecule has 0 N–H and O–H groups in total. The Morgan fingerprint density at radius 3 is 2.69 bits per heavy atom. The van der Waals surface area contributed by atoms with Crippen molar-refractivity contribution in [1.82, 2.24) is 29.4 Å². The highest BCUT2D eigenvalue weighted by atomic mass is 32.1. The maximum atomic E-state index is 13.0. The molecule has 0 radical (unpaired) electrons. The van der Waals surface area contributed by atoms with Gasteiger partial charge >= 0.3 is 6.09 Å². The number of fused-ring (bicyclic) bond motifs is 5. The summed E-state index contributed by atoms with van der Waals surface area (Å²) in [4.78, 5) is 39.6. The minimum atomic E-state index is -0.332. The fourth-order valence-corrected chi connectivity index (χ4v) is 5.32. The molecular weight excluding hydrogens is 392 g/mol. The van der Waals surface area contributed by atoms with E-state index in [0.29, 0.717) is 38.4 Å². The van der Waals surface area contributed by atoms with Gasteiger partial charge in [-0.2, -0.15) is 0 Å². The molecule has 29 heavy (non-hydrogen) atoms. The topological polar surface area (TPSA) is 92.9 Å². The van der Waals surface area contributed by atoms with E-state index in [1.807, 2.05) is 0 Å². The lowest BCUT2D eigenvalue weighted by Crippen LogP contribution is -2.50. The van der Waals surface area contributed by atoms with Crippen LogP contribution in [0.15, 0.2) is 6.33 Å². The second-order valence-corrected chi connectivity index (χ2v) is 8.40. The van der Waals surface area contributed by atoms with E-state index in [-0.39, 0.29) is 17.8 Å². The summed E-state index contributed by atoms with van der Waals surface area (Å²) in [6, 6.07) is 0. The maximum Gasteiger partial charge on any atom is 0.409 e. The van der Waals surface area contributed by atoms with Gasteiger partial charge in [-0.15, -0.1) is 16.4 Å². The van der Waals surface area contributed by atoms with Gasteiger partial charge in [0.2, 0.25) is 5.82 Å². The molecule has 9 nitrogen and oxygen atoms in total. The Morgan fingerprint density at radius 1 is 1.14 bits per heavy atom. The smallest absolute Gasteiger partial charge is 0.409 e. The maximum absolute atomic E-state index is 13.0. The van der Waals surface area contributed by atoms with Crippen LogP contribution in [0.2, 0.25) is 0 Å². The molecule has 0 bridgehead atoms. The summed E-state index contributed by atoms with van der Waals surface area (Å²) in [5, 5.41) is 5.45. The molecule has 0 aromatic carbocycles. The molecule has 4 heterocycles. The number of ether oxygens (including phenoxy) is 1. The van der Waals surface area contributed by atoms with Crippen molar-refractivity contribution in [3.05, 3.63) is 22.6 Å². The SMILES string of the molecule is CCOC(=O)N1CCN(C(=O)c2nc3c4c5c(sc4ncn3n2)CCCC5)CC1. The molecule has 1 fully saturated rings. The zero-order chi connectivity index (χ0) is 20.0. The highest BCUT2D eigenvalue weighted by Gasteiger charge is 2.28. The quantitative estimate of drug-likeness (QED) is 0.638. The molecule has 0 unspecified atom stereocenters. The molecule has 1 aliphatic heterocycles. The van der Waals surface area contributed by atoms with E-state index in [1.165, 1.54) is 23.3 Å². The lowest BCUT2D eigenvalue weighted by Gasteiger charge is -2.33. The van der Waals surface area contributed by atoms with E-state index in [9.17, 15) is 9.59 Å². The van der Waals surface area contributed by atoms with Crippen LogP contribution in [0.5, 0.6) is 0 Å². The number of thiophene rings is 1. The predicted octanol–water partition coefficient (Wildman–Crippen LogP) is 2.13. The summed E-state index contributed by atoms with van der Waals surface area (Å²) < 4.78 is 6.65. The molecule has 3 aromatic rings. The number of carbonyl (C=O) groups is 2. The molecule has 0 atom stereocenters. The van der Waals surface area contributed by atoms with Gasteiger partial charge < -0.3 is 14.5 Å². The highest BCUT2D eigenvalue weighted by molar-refractivity contribution is 7.19. The number of amides is 2. The van der Waals surface area contributed by atoms with Crippen LogP contribution >= 0.6 is 11.3 Å². The van der Waals surface area contributed by atoms with Gasteiger partial charge in [0.15, 0.2) is 5.65 Å². The lowest BCUT2D eigenvalue weighted by atomic mass is 9.97. The van der Waals surface area contributed by atoms with Gasteiger partial charge in [0.1, 0.15) is 11.2 Å². The van der Waals surface area contributed by atoms with E-state index in [0.717, 1.165) is 23.1 Å². The second-order valence-electron chi connectivity index (χ2n) is 7.32. The van der Waals surface area contributed by atoms with Gasteiger partial charge in [-0.1, -0.05) is 0 Å². The summed E-state index contributed by atoms with van der Waals surface area (Å²) in [6.45, 7) is 3.90. The van der Waals surface area contributed by atoms with Crippen molar-refractivity contribution in [2.45, 2.75) is 32.6 Å². The van der Waals surface area contributed by atoms with Gasteiger partial charge in [0, 0.05) is 31.1 Å². The largest absolute Gasteiger partial charge is 0.450 e. The first kappa shape index (κ1) is 18.3. The van der Waals surface area contributed by atoms with Crippen molar-refractivity contribution in [2.75, 3.05) is 32.8 Å². The average molecular weight is 414 g/mol. The first-order valence-corrected chi connectivity index (χ1v) is 10.8. The van der Waals surface area contributed by atoms with Crippen LogP contribution in [0.4, 0.5) is 4.79 Å². The Hall–Kier alpha value is -2.75. The number of hydrogen-bond acceptors (Lipinski definition) is 7. The number of piperazine rings is 1. The number of carbonyl (C=O) groups excluding carboxylic acids is 2. The number of hydrogen-bond donors (Lipinski definition) is 0. The van der Waals surface area contributed by atoms with E-state index in [1.54, 1.807) is 38.9 Å². The first-order valence-electron chi connectivity index (χ1n) is 10.0. The van der Waals surface area contributed by atoms with Crippen molar-refractivity contribution in [3.8, 4) is 0 Å². The van der Waals surface area contributed by atoms with Crippen LogP contribution in [0.1, 0.15) is 40.8 Å². The molecule has 0 saturated carbocycles. The van der Waals surface area contributed by atoms with Crippen LogP contribution in [-0.2, 0) is 17.6 Å². The number of rotatable bonds is 2. The van der Waals surface area contributed by atoms with E-state index in [2.05, 4.69) is 15.1 Å². The molecule has 1 saturated heterocycles. The van der Waals surface area contributed by atoms with Gasteiger partial charge in [-0.05, 0) is 38.2 Å². The zero-order valence-electron chi connectivity index (χ0n) is 16.3. The minimum Gasteiger partial charge on any atom is -0.450 e. The predicted molar refractivity (Wildman–Crippen MR) is 107 cm³/mol. The lowest BCUT2D eigenvalue weighted by molar-refractivity contribution is 0.0561. The monoisotopic (exact) mass is 414 g/mol. The van der Waals surface area contributed by atoms with Crippen LogP contribution in [0, 0.1) is 0 Å². The Morgan fingerprint density at radius 2 is 1.90 bits per heavy atom. The summed E-state index contributed by atoms with van der Waals surface area (Å²) in [5.41, 5.74) is 2.03. The Bertz CT molecular complexity index is 1100. The average Bonchev–Trinajstić information content (AvgIpc) is 3.34. The van der Waals surface area contributed by atoms with Crippen molar-refractivity contribution < 1.29 is 14.3 Å². The normalized spacial score (nSPS) is 17.0. The molecule has 10 heteroatoms. The number of aromatic nitrogens is 4. The van der Waals surface area contributed by atoms with Crippen molar-refractivity contribution in [3.63, 3.8) is 0 Å². The van der Waals surface area contributed by atoms with Crippen molar-refractivity contribution in [2.24, 2.45) is 0 Å². The molecule has 1 aliphatic carbocycles. The van der Waals surface area contributed by atoms with Crippen LogP contribution in [0.3, 0.4) is 0 Å². The highest BCUT2D eigenvalue weighted by Crippen LogP contribution is 2.36. The summed E-state index contributed by atoms with van der Waals surface area (Å²) in [5.74, 6) is -0.0332. The summed E-state index contributed by atoms with van der Waals surface area (Å²) >= 11 is 1.73. The van der Waals surface area contributed by atoms with Crippen LogP contribution < -0.4 is 0 Å².